The van der Waals surface area contributed by atoms with Crippen LogP contribution in [-0.4, -0.2) is 47.5 Å². The quantitative estimate of drug-likeness (QED) is 0.284. The van der Waals surface area contributed by atoms with Crippen LogP contribution >= 0.6 is 0 Å². The van der Waals surface area contributed by atoms with E-state index in [1.807, 2.05) is 33.7 Å². The summed E-state index contributed by atoms with van der Waals surface area (Å²) >= 11 is 0. The molecule has 2 aliphatic heterocycles. The molecular formula is C19H28BNO7. The maximum atomic E-state index is 11.7. The predicted octanol–water partition coefficient (Wildman–Crippen LogP) is 2.95. The summed E-state index contributed by atoms with van der Waals surface area (Å²) in [4.78, 5) is 39.2. The van der Waals surface area contributed by atoms with Gasteiger partial charge in [0.05, 0.1) is 11.2 Å². The van der Waals surface area contributed by atoms with Crippen molar-refractivity contribution >= 4 is 25.1 Å². The molecular weight excluding hydrogens is 365 g/mol. The first kappa shape index (κ1) is 20.9. The Hall–Kier alpha value is -1.87. The molecule has 0 N–H and O–H groups in total. The van der Waals surface area contributed by atoms with Crippen LogP contribution in [0.2, 0.25) is 0 Å². The van der Waals surface area contributed by atoms with Crippen LogP contribution in [0.1, 0.15) is 66.2 Å². The zero-order valence-corrected chi connectivity index (χ0v) is 16.9. The highest BCUT2D eigenvalue weighted by molar-refractivity contribution is 6.51. The first-order valence-electron chi connectivity index (χ1n) is 9.86. The van der Waals surface area contributed by atoms with Crippen LogP contribution in [0.15, 0.2) is 12.1 Å². The number of unbranched alkanes of at least 4 members (excludes halogenated alkanes) is 1. The van der Waals surface area contributed by atoms with Crippen molar-refractivity contribution in [3.63, 3.8) is 0 Å². The van der Waals surface area contributed by atoms with Gasteiger partial charge in [0.1, 0.15) is 6.10 Å². The summed E-state index contributed by atoms with van der Waals surface area (Å²) in [7, 11) is -0.326. The van der Waals surface area contributed by atoms with Crippen molar-refractivity contribution in [2.75, 3.05) is 0 Å². The Morgan fingerprint density at radius 2 is 1.79 bits per heavy atom. The maximum absolute atomic E-state index is 11.7. The lowest BCUT2D eigenvalue weighted by atomic mass is 9.89. The van der Waals surface area contributed by atoms with E-state index in [9.17, 15) is 14.4 Å². The van der Waals surface area contributed by atoms with Crippen LogP contribution in [0.25, 0.3) is 0 Å². The molecule has 0 spiro atoms. The van der Waals surface area contributed by atoms with E-state index in [1.165, 1.54) is 0 Å². The topological polar surface area (TPSA) is 91.4 Å². The van der Waals surface area contributed by atoms with Crippen molar-refractivity contribution in [1.82, 2.24) is 5.06 Å². The second kappa shape index (κ2) is 7.87. The fourth-order valence-electron chi connectivity index (χ4n) is 3.22. The lowest BCUT2D eigenvalue weighted by molar-refractivity contribution is -0.177. The minimum atomic E-state index is -0.989. The molecule has 8 nitrogen and oxygen atoms in total. The molecule has 2 amide bonds. The molecule has 9 heteroatoms. The molecule has 2 saturated heterocycles. The molecule has 2 atom stereocenters. The van der Waals surface area contributed by atoms with E-state index < -0.39 is 18.0 Å². The Morgan fingerprint density at radius 1 is 1.18 bits per heavy atom. The van der Waals surface area contributed by atoms with Gasteiger partial charge in [-0.3, -0.25) is 14.4 Å². The van der Waals surface area contributed by atoms with Gasteiger partial charge in [-0.25, -0.2) is 4.79 Å². The molecule has 0 aromatic rings. The molecule has 1 aliphatic carbocycles. The van der Waals surface area contributed by atoms with Crippen molar-refractivity contribution in [1.29, 1.82) is 0 Å². The minimum Gasteiger partial charge on any atom is -0.429 e. The Labute approximate surface area is 165 Å². The molecule has 154 valence electrons. The summed E-state index contributed by atoms with van der Waals surface area (Å²) in [5, 5.41) is 0.500. The number of nitrogens with zero attached hydrogens (tertiary/aromatic N) is 1. The Bertz CT molecular complexity index is 643. The van der Waals surface area contributed by atoms with E-state index in [2.05, 4.69) is 6.08 Å². The highest BCUT2D eigenvalue weighted by atomic mass is 16.8. The van der Waals surface area contributed by atoms with Crippen LogP contribution in [-0.2, 0) is 28.5 Å². The zero-order valence-electron chi connectivity index (χ0n) is 16.9. The number of amides is 2. The van der Waals surface area contributed by atoms with E-state index >= 15 is 0 Å². The van der Waals surface area contributed by atoms with Crippen LogP contribution in [0, 0.1) is 5.92 Å². The zero-order chi connectivity index (χ0) is 20.5. The lowest BCUT2D eigenvalue weighted by Gasteiger charge is -2.32. The number of hydrogen-bond acceptors (Lipinski definition) is 7. The number of hydroxylamine groups is 2. The van der Waals surface area contributed by atoms with Gasteiger partial charge < -0.3 is 14.0 Å². The molecule has 1 saturated carbocycles. The van der Waals surface area contributed by atoms with Gasteiger partial charge in [0.25, 0.3) is 11.8 Å². The Morgan fingerprint density at radius 3 is 2.39 bits per heavy atom. The monoisotopic (exact) mass is 393 g/mol. The first-order chi connectivity index (χ1) is 13.1. The summed E-state index contributed by atoms with van der Waals surface area (Å²) in [6.07, 6.45) is 4.54. The van der Waals surface area contributed by atoms with Crippen LogP contribution in [0.5, 0.6) is 0 Å². The Balaban J connectivity index is 1.29. The van der Waals surface area contributed by atoms with E-state index in [4.69, 9.17) is 18.9 Å². The predicted molar refractivity (Wildman–Crippen MR) is 99.6 cm³/mol. The SMILES string of the molecule is CC1(C)OB(/C=C/CCCC2C[C@H]2OC(=O)ON2C(=O)CCC2=O)OC1(C)C. The molecule has 1 unspecified atom stereocenters. The number of rotatable bonds is 7. The fraction of sp³-hybridized carbons (Fsp3) is 0.737. The van der Waals surface area contributed by atoms with Crippen LogP contribution in [0.3, 0.4) is 0 Å². The highest BCUT2D eigenvalue weighted by Gasteiger charge is 2.50. The van der Waals surface area contributed by atoms with Crippen molar-refractivity contribution in [3.8, 4) is 0 Å². The summed E-state index contributed by atoms with van der Waals surface area (Å²) in [6, 6.07) is 0. The molecule has 0 radical (unpaired) electrons. The number of carbonyl (C=O) groups excluding carboxylic acids is 3. The standard InChI is InChI=1S/C19H28BNO7/c1-18(2)19(3,4)28-20(27-18)11-7-5-6-8-13-12-14(13)25-17(24)26-21-15(22)9-10-16(21)23/h7,11,13-14H,5-6,8-10,12H2,1-4H3/b11-7+/t13?,14-/m1/s1. The molecule has 3 aliphatic rings. The lowest BCUT2D eigenvalue weighted by Crippen LogP contribution is -2.41. The number of imide groups is 1. The fourth-order valence-corrected chi connectivity index (χ4v) is 3.22. The Kier molecular flexibility index (Phi) is 5.86. The van der Waals surface area contributed by atoms with Gasteiger partial charge >= 0.3 is 13.3 Å². The minimum absolute atomic E-state index is 0.0671. The van der Waals surface area contributed by atoms with Gasteiger partial charge in [-0.05, 0) is 59.3 Å². The van der Waals surface area contributed by atoms with E-state index in [-0.39, 0.29) is 37.3 Å². The molecule has 28 heavy (non-hydrogen) atoms. The summed E-state index contributed by atoms with van der Waals surface area (Å²) < 4.78 is 17.0. The average molecular weight is 393 g/mol. The smallest absolute Gasteiger partial charge is 0.429 e. The number of hydrogen-bond donors (Lipinski definition) is 0. The second-order valence-corrected chi connectivity index (χ2v) is 8.56. The van der Waals surface area contributed by atoms with Gasteiger partial charge in [-0.2, -0.15) is 0 Å². The van der Waals surface area contributed by atoms with Gasteiger partial charge in [0.2, 0.25) is 0 Å². The molecule has 3 fully saturated rings. The molecule has 2 heterocycles. The number of allylic oxidation sites excluding steroid dienone is 1. The average Bonchev–Trinajstić information content (AvgIpc) is 3.19. The number of carbonyl (C=O) groups is 3. The third-order valence-electron chi connectivity index (χ3n) is 5.79. The van der Waals surface area contributed by atoms with Crippen LogP contribution in [0.4, 0.5) is 4.79 Å². The van der Waals surface area contributed by atoms with E-state index in [1.54, 1.807) is 0 Å². The van der Waals surface area contributed by atoms with Crippen molar-refractivity contribution < 1.29 is 33.3 Å². The highest BCUT2D eigenvalue weighted by Crippen LogP contribution is 2.39. The van der Waals surface area contributed by atoms with Crippen molar-refractivity contribution in [3.05, 3.63) is 12.1 Å². The number of ether oxygens (including phenoxy) is 1. The van der Waals surface area contributed by atoms with Gasteiger partial charge in [0, 0.05) is 12.8 Å². The van der Waals surface area contributed by atoms with Gasteiger partial charge in [0.15, 0.2) is 0 Å². The summed E-state index contributed by atoms with van der Waals surface area (Å²) in [6.45, 7) is 8.09. The van der Waals surface area contributed by atoms with E-state index in [0.717, 1.165) is 25.7 Å². The van der Waals surface area contributed by atoms with Crippen molar-refractivity contribution in [2.24, 2.45) is 5.92 Å². The molecule has 3 rings (SSSR count). The van der Waals surface area contributed by atoms with Gasteiger partial charge in [-0.1, -0.05) is 17.1 Å². The molecule has 0 aromatic carbocycles. The summed E-state index contributed by atoms with van der Waals surface area (Å²) in [5.74, 6) is 1.22. The second-order valence-electron chi connectivity index (χ2n) is 8.56. The first-order valence-corrected chi connectivity index (χ1v) is 9.86. The largest absolute Gasteiger partial charge is 0.534 e. The normalized spacial score (nSPS) is 28.3. The van der Waals surface area contributed by atoms with Gasteiger partial charge in [-0.15, -0.1) is 0 Å². The maximum Gasteiger partial charge on any atom is 0.534 e. The molecule has 0 aromatic heterocycles. The third kappa shape index (κ3) is 4.75. The van der Waals surface area contributed by atoms with Crippen LogP contribution < -0.4 is 0 Å². The summed E-state index contributed by atoms with van der Waals surface area (Å²) in [5.41, 5.74) is -0.668. The van der Waals surface area contributed by atoms with Crippen molar-refractivity contribution in [2.45, 2.75) is 83.5 Å². The van der Waals surface area contributed by atoms with E-state index in [0.29, 0.717) is 11.0 Å². The molecule has 0 bridgehead atoms. The third-order valence-corrected chi connectivity index (χ3v) is 5.79.